The van der Waals surface area contributed by atoms with Gasteiger partial charge < -0.3 is 66.0 Å². The molecule has 3 fully saturated rings. The molecule has 13 aliphatic rings. The van der Waals surface area contributed by atoms with Crippen molar-refractivity contribution < 1.29 is 54.4 Å². The van der Waals surface area contributed by atoms with E-state index >= 15 is 4.79 Å². The molecule has 4 aromatic rings. The molecular formula is C77H90N4O12. The largest absolute Gasteiger partial charge is 0.508 e. The number of carbonyl (C=O) groups excluding carboxylic acids is 1. The van der Waals surface area contributed by atoms with Gasteiger partial charge in [0.05, 0.1) is 24.4 Å². The smallest absolute Gasteiger partial charge is 0.337 e. The van der Waals surface area contributed by atoms with E-state index in [1.807, 2.05) is 18.2 Å². The summed E-state index contributed by atoms with van der Waals surface area (Å²) in [5.74, 6) is -3.89. The second-order valence-electron chi connectivity index (χ2n) is 30.7. The molecule has 1 aromatic heterocycles. The Morgan fingerprint density at radius 3 is 2.58 bits per heavy atom. The minimum atomic E-state index is -1.68. The Hall–Kier alpha value is -6.92. The van der Waals surface area contributed by atoms with Crippen molar-refractivity contribution in [1.82, 2.24) is 16.0 Å². The number of aliphatic hydroxyl groups excluding tert-OH is 4. The molecule has 1 unspecified atom stereocenters. The molecule has 490 valence electrons. The van der Waals surface area contributed by atoms with Gasteiger partial charge in [0.15, 0.2) is 5.43 Å². The number of allylic oxidation sites excluding steroid dienone is 7. The lowest BCUT2D eigenvalue weighted by atomic mass is 9.54. The first kappa shape index (κ1) is 61.0. The van der Waals surface area contributed by atoms with Crippen molar-refractivity contribution in [2.75, 3.05) is 13.2 Å². The number of hydrogen-bond donors (Lipinski definition) is 11. The number of fused-ring (bicyclic) bond motifs is 11. The predicted octanol–water partition coefficient (Wildman–Crippen LogP) is 9.84. The van der Waals surface area contributed by atoms with E-state index in [9.17, 15) is 40.5 Å². The summed E-state index contributed by atoms with van der Waals surface area (Å²) < 4.78 is 22.2. The van der Waals surface area contributed by atoms with Gasteiger partial charge >= 0.3 is 5.97 Å². The zero-order chi connectivity index (χ0) is 64.5. The van der Waals surface area contributed by atoms with Crippen LogP contribution >= 0.6 is 0 Å². The lowest BCUT2D eigenvalue weighted by Gasteiger charge is -2.55. The van der Waals surface area contributed by atoms with Crippen LogP contribution in [0.5, 0.6) is 17.2 Å². The highest BCUT2D eigenvalue weighted by Gasteiger charge is 2.66. The third-order valence-electron chi connectivity index (χ3n) is 25.5. The molecule has 5 aliphatic heterocycles. The number of ether oxygens (including phenoxy) is 2. The number of aromatic hydroxyl groups is 2. The average Bonchev–Trinajstić information content (AvgIpc) is 1.66. The molecule has 16 nitrogen and oxygen atoms in total. The lowest BCUT2D eigenvalue weighted by molar-refractivity contribution is -0.173. The fourth-order valence-electron chi connectivity index (χ4n) is 21.8. The molecule has 17 rings (SSSR count). The van der Waals surface area contributed by atoms with Gasteiger partial charge in [-0.15, -0.1) is 0 Å². The second kappa shape index (κ2) is 22.1. The normalized spacial score (nSPS) is 35.9. The van der Waals surface area contributed by atoms with Crippen molar-refractivity contribution in [3.05, 3.63) is 179 Å². The number of dihydropyridines is 2. The van der Waals surface area contributed by atoms with Crippen molar-refractivity contribution in [2.24, 2.45) is 52.6 Å². The average molecular weight is 1260 g/mol. The van der Waals surface area contributed by atoms with Crippen LogP contribution in [-0.4, -0.2) is 90.5 Å². The van der Waals surface area contributed by atoms with Crippen LogP contribution in [0.3, 0.4) is 0 Å². The molecular weight excluding hydrogens is 1170 g/mol. The van der Waals surface area contributed by atoms with E-state index in [0.717, 1.165) is 70.2 Å². The van der Waals surface area contributed by atoms with Crippen LogP contribution in [0.2, 0.25) is 0 Å². The summed E-state index contributed by atoms with van der Waals surface area (Å²) >= 11 is 0. The highest BCUT2D eigenvalue weighted by Crippen LogP contribution is 2.69. The maximum atomic E-state index is 16.4. The van der Waals surface area contributed by atoms with Crippen molar-refractivity contribution >= 4 is 16.9 Å². The second-order valence-corrected chi connectivity index (χ2v) is 30.7. The number of nitrogens with two attached hydrogens (primary N) is 1. The zero-order valence-electron chi connectivity index (χ0n) is 54.0. The fraction of sp³-hybridized carbons (Fsp3) is 0.532. The van der Waals surface area contributed by atoms with E-state index in [2.05, 4.69) is 86.3 Å². The minimum absolute atomic E-state index is 0.0146. The summed E-state index contributed by atoms with van der Waals surface area (Å²) in [7, 11) is 0. The van der Waals surface area contributed by atoms with E-state index in [4.69, 9.17) is 19.6 Å². The standard InChI is InChI=1S/C77H90N4O12/c1-6-56(77(90)32-54-46-18-22-76(33-58(46)77)31-40(25-43(85)24-37(2)3)67(87)51-11-9-10-47(54)65(51)76)73(89)92-60-29-53-68(88)63-59(86)28-44(35-82)91-70(63)64-61-50-19-23-79-71(78)62(50)66(75(20-7-8-21-75)30-39-13-14-42(84)27-52(39)55(61)36-83)49-17-16-45-41(26-57(49)74(60,5)93-69(53)64)34-80-72-48(45)15-12-38(4)81-72/h6,9-15,18-19,22,27-28,34,37-38,40,43,46,49,54-55,57-58,60-61,66-67,72,79-85,87-88,90H,7-8,16-17,20-21,23-26,29-33,35-36,78H2,1-5H3/b56-6+/t38-,40+,43-,46+,49-,54+,55-,57-,58+,60-,61+,66-,67+,72?,74+,76-,77+/m1/s1. The third-order valence-corrected chi connectivity index (χ3v) is 25.5. The summed E-state index contributed by atoms with van der Waals surface area (Å²) in [6.07, 6.45) is 20.7. The molecule has 93 heavy (non-hydrogen) atoms. The van der Waals surface area contributed by atoms with Gasteiger partial charge in [0.2, 0.25) is 0 Å². The molecule has 16 heteroatoms. The van der Waals surface area contributed by atoms with Crippen LogP contribution in [0.25, 0.3) is 11.0 Å². The number of carbonyl (C=O) groups is 1. The summed E-state index contributed by atoms with van der Waals surface area (Å²) in [6, 6.07) is 13.0. The molecule has 8 aliphatic carbocycles. The lowest BCUT2D eigenvalue weighted by Crippen LogP contribution is -2.60. The quantitative estimate of drug-likeness (QED) is 0.0423. The van der Waals surface area contributed by atoms with E-state index in [1.54, 1.807) is 25.1 Å². The predicted molar refractivity (Wildman–Crippen MR) is 351 cm³/mol. The molecule has 0 radical (unpaired) electrons. The van der Waals surface area contributed by atoms with Crippen LogP contribution < -0.4 is 31.8 Å². The maximum Gasteiger partial charge on any atom is 0.337 e. The number of rotatable bonds is 9. The molecule has 0 saturated heterocycles. The summed E-state index contributed by atoms with van der Waals surface area (Å²) in [6.45, 7) is 9.46. The van der Waals surface area contributed by atoms with Gasteiger partial charge in [0.25, 0.3) is 0 Å². The Morgan fingerprint density at radius 2 is 1.81 bits per heavy atom. The number of phenols is 2. The number of phenolic OH excluding ortho intramolecular Hbond substituents is 2. The van der Waals surface area contributed by atoms with Crippen molar-refractivity contribution in [3.8, 4) is 17.2 Å². The molecule has 6 heterocycles. The van der Waals surface area contributed by atoms with Gasteiger partial charge in [-0.2, -0.15) is 0 Å². The third kappa shape index (κ3) is 9.03. The SMILES string of the molecule is C/C=C(\C(=O)O[C@@H]1Cc2c3c(c4oc(CO)cc(=O)c4c2O)[C@H]2C4=CCNC(N)=C4[C@@H]([C@@H]4CCC5=C6C=C[C@@H](C)NC6NC=C5C[C@H]4[C@]1(C)O3)C1(CCCC1)Cc1ccc(O)cc1[C@H]2CO)[C@@]1(O)C[C@@H]2c3cccc4c3[C@]3(C=C[C@@H]2[C@@H]1C3)C[C@H](C[C@H](O)CC(C)C)[C@@H]4O. The summed E-state index contributed by atoms with van der Waals surface area (Å²) in [4.78, 5) is 31.4. The summed E-state index contributed by atoms with van der Waals surface area (Å²) in [5.41, 5.74) is 13.6. The number of esters is 1. The highest BCUT2D eigenvalue weighted by atomic mass is 16.6. The van der Waals surface area contributed by atoms with Crippen molar-refractivity contribution in [2.45, 2.75) is 196 Å². The van der Waals surface area contributed by atoms with Crippen LogP contribution in [0, 0.1) is 46.8 Å². The Kier molecular flexibility index (Phi) is 14.5. The van der Waals surface area contributed by atoms with Gasteiger partial charge in [0, 0.05) is 71.5 Å². The number of hydrogen-bond acceptors (Lipinski definition) is 16. The Balaban J connectivity index is 0.903. The van der Waals surface area contributed by atoms with E-state index < -0.39 is 94.4 Å². The minimum Gasteiger partial charge on any atom is -0.508 e. The molecule has 2 spiro atoms. The number of aliphatic hydroxyl groups is 5. The van der Waals surface area contributed by atoms with Crippen LogP contribution in [0.4, 0.5) is 0 Å². The Morgan fingerprint density at radius 1 is 1.00 bits per heavy atom. The molecule has 3 aromatic carbocycles. The Bertz CT molecular complexity index is 4110. The first-order chi connectivity index (χ1) is 44.7. The van der Waals surface area contributed by atoms with Gasteiger partial charge in [-0.3, -0.25) is 10.1 Å². The molecule has 17 atom stereocenters. The van der Waals surface area contributed by atoms with E-state index in [0.29, 0.717) is 69.3 Å². The molecule has 8 bridgehead atoms. The van der Waals surface area contributed by atoms with Gasteiger partial charge in [-0.1, -0.05) is 87.4 Å². The van der Waals surface area contributed by atoms with Gasteiger partial charge in [-0.05, 0) is 200 Å². The fourth-order valence-corrected chi connectivity index (χ4v) is 21.8. The summed E-state index contributed by atoms with van der Waals surface area (Å²) in [5, 5.41) is 96.6. The van der Waals surface area contributed by atoms with Crippen molar-refractivity contribution in [3.63, 3.8) is 0 Å². The van der Waals surface area contributed by atoms with Crippen molar-refractivity contribution in [1.29, 1.82) is 0 Å². The topological polar surface area (TPSA) is 269 Å². The van der Waals surface area contributed by atoms with Crippen LogP contribution in [0.15, 0.2) is 134 Å². The van der Waals surface area contributed by atoms with E-state index in [-0.39, 0.29) is 99.9 Å². The Labute approximate surface area is 543 Å². The number of nitrogens with one attached hydrogen (secondary N) is 3. The van der Waals surface area contributed by atoms with Crippen LogP contribution in [-0.2, 0) is 34.4 Å². The molecule has 0 amide bonds. The van der Waals surface area contributed by atoms with E-state index in [1.165, 1.54) is 17.2 Å². The van der Waals surface area contributed by atoms with Gasteiger partial charge in [-0.25, -0.2) is 4.79 Å². The maximum absolute atomic E-state index is 16.4. The van der Waals surface area contributed by atoms with Gasteiger partial charge in [0.1, 0.15) is 69.9 Å². The molecule has 12 N–H and O–H groups in total. The zero-order valence-corrected chi connectivity index (χ0v) is 54.0. The monoisotopic (exact) mass is 1260 g/mol. The molecule has 3 saturated carbocycles. The first-order valence-corrected chi connectivity index (χ1v) is 34.6. The first-order valence-electron chi connectivity index (χ1n) is 34.6. The van der Waals surface area contributed by atoms with Crippen LogP contribution in [0.1, 0.15) is 180 Å². The number of benzene rings is 3. The highest BCUT2D eigenvalue weighted by molar-refractivity contribution is 5.93.